The van der Waals surface area contributed by atoms with Gasteiger partial charge in [-0.3, -0.25) is 4.79 Å². The lowest BCUT2D eigenvalue weighted by Crippen LogP contribution is -2.60. The van der Waals surface area contributed by atoms with Gasteiger partial charge in [0.25, 0.3) is 5.91 Å². The fourth-order valence-electron chi connectivity index (χ4n) is 2.65. The van der Waals surface area contributed by atoms with E-state index in [2.05, 4.69) is 0 Å². The van der Waals surface area contributed by atoms with Crippen LogP contribution in [0.25, 0.3) is 0 Å². The normalized spacial score (nSPS) is 30.4. The first-order valence-corrected chi connectivity index (χ1v) is 8.64. The van der Waals surface area contributed by atoms with Crippen molar-refractivity contribution >= 4 is 15.9 Å². The van der Waals surface area contributed by atoms with Crippen molar-refractivity contribution in [1.82, 2.24) is 9.21 Å². The second kappa shape index (κ2) is 5.59. The van der Waals surface area contributed by atoms with E-state index in [4.69, 9.17) is 4.74 Å². The van der Waals surface area contributed by atoms with Crippen LogP contribution >= 0.6 is 0 Å². The van der Waals surface area contributed by atoms with Gasteiger partial charge in [-0.1, -0.05) is 0 Å². The molecule has 2 rings (SSSR count). The SMILES string of the molecule is CC1(C(=O)N2CCC(O)CC2)CN(S(C)(=O)=O)CCO1. The Morgan fingerprint density at radius 3 is 2.45 bits per heavy atom. The van der Waals surface area contributed by atoms with E-state index in [9.17, 15) is 18.3 Å². The van der Waals surface area contributed by atoms with Crippen molar-refractivity contribution in [3.8, 4) is 0 Å². The quantitative estimate of drug-likeness (QED) is 0.708. The van der Waals surface area contributed by atoms with Crippen LogP contribution in [0.2, 0.25) is 0 Å². The Morgan fingerprint density at radius 1 is 1.30 bits per heavy atom. The van der Waals surface area contributed by atoms with Gasteiger partial charge in [-0.25, -0.2) is 8.42 Å². The number of nitrogens with zero attached hydrogens (tertiary/aromatic N) is 2. The van der Waals surface area contributed by atoms with Gasteiger partial charge in [0.15, 0.2) is 5.60 Å². The van der Waals surface area contributed by atoms with Gasteiger partial charge in [0.05, 0.1) is 25.5 Å². The average molecular weight is 306 g/mol. The van der Waals surface area contributed by atoms with E-state index in [1.807, 2.05) is 0 Å². The fourth-order valence-corrected chi connectivity index (χ4v) is 3.54. The number of morpholine rings is 1. The third-order valence-electron chi connectivity index (χ3n) is 3.91. The zero-order valence-electron chi connectivity index (χ0n) is 11.9. The first-order valence-electron chi connectivity index (χ1n) is 6.79. The molecule has 0 bridgehead atoms. The summed E-state index contributed by atoms with van der Waals surface area (Å²) in [6, 6.07) is 0. The lowest BCUT2D eigenvalue weighted by molar-refractivity contribution is -0.165. The summed E-state index contributed by atoms with van der Waals surface area (Å²) < 4.78 is 30.1. The van der Waals surface area contributed by atoms with E-state index in [-0.39, 0.29) is 31.7 Å². The number of piperidine rings is 1. The summed E-state index contributed by atoms with van der Waals surface area (Å²) in [6.45, 7) is 3.14. The zero-order chi connectivity index (χ0) is 15.0. The highest BCUT2D eigenvalue weighted by Crippen LogP contribution is 2.24. The van der Waals surface area contributed by atoms with Crippen molar-refractivity contribution in [3.63, 3.8) is 0 Å². The van der Waals surface area contributed by atoms with E-state index in [1.54, 1.807) is 11.8 Å². The molecule has 2 aliphatic rings. The Balaban J connectivity index is 2.07. The Bertz CT molecular complexity index is 472. The summed E-state index contributed by atoms with van der Waals surface area (Å²) in [7, 11) is -3.33. The van der Waals surface area contributed by atoms with Crippen molar-refractivity contribution in [2.75, 3.05) is 39.0 Å². The maximum Gasteiger partial charge on any atom is 0.255 e. The Hall–Kier alpha value is -0.700. The number of hydrogen-bond donors (Lipinski definition) is 1. The molecule has 20 heavy (non-hydrogen) atoms. The molecule has 2 heterocycles. The number of likely N-dealkylation sites (tertiary alicyclic amines) is 1. The van der Waals surface area contributed by atoms with Gasteiger partial charge in [-0.15, -0.1) is 0 Å². The van der Waals surface area contributed by atoms with Gasteiger partial charge < -0.3 is 14.7 Å². The van der Waals surface area contributed by atoms with Gasteiger partial charge in [0.2, 0.25) is 10.0 Å². The van der Waals surface area contributed by atoms with Crippen molar-refractivity contribution < 1.29 is 23.1 Å². The van der Waals surface area contributed by atoms with Crippen LogP contribution in [0.1, 0.15) is 19.8 Å². The number of hydrogen-bond acceptors (Lipinski definition) is 5. The van der Waals surface area contributed by atoms with E-state index in [0.717, 1.165) is 6.26 Å². The van der Waals surface area contributed by atoms with Gasteiger partial charge in [0.1, 0.15) is 0 Å². The summed E-state index contributed by atoms with van der Waals surface area (Å²) in [4.78, 5) is 14.2. The molecule has 2 fully saturated rings. The highest BCUT2D eigenvalue weighted by Gasteiger charge is 2.44. The van der Waals surface area contributed by atoms with Crippen molar-refractivity contribution in [2.45, 2.75) is 31.5 Å². The van der Waals surface area contributed by atoms with Crippen molar-refractivity contribution in [3.05, 3.63) is 0 Å². The topological polar surface area (TPSA) is 87.2 Å². The summed E-state index contributed by atoms with van der Waals surface area (Å²) >= 11 is 0. The monoisotopic (exact) mass is 306 g/mol. The Labute approximate surface area is 119 Å². The van der Waals surface area contributed by atoms with Crippen molar-refractivity contribution in [1.29, 1.82) is 0 Å². The predicted molar refractivity (Wildman–Crippen MR) is 72.6 cm³/mol. The minimum Gasteiger partial charge on any atom is -0.393 e. The lowest BCUT2D eigenvalue weighted by atomic mass is 10.0. The van der Waals surface area contributed by atoms with Crippen LogP contribution < -0.4 is 0 Å². The maximum absolute atomic E-state index is 12.6. The molecule has 0 spiro atoms. The van der Waals surface area contributed by atoms with Gasteiger partial charge in [0, 0.05) is 19.6 Å². The molecule has 2 aliphatic heterocycles. The molecule has 8 heteroatoms. The number of amides is 1. The fraction of sp³-hybridized carbons (Fsp3) is 0.917. The van der Waals surface area contributed by atoms with E-state index >= 15 is 0 Å². The van der Waals surface area contributed by atoms with E-state index in [0.29, 0.717) is 25.9 Å². The molecular weight excluding hydrogens is 284 g/mol. The highest BCUT2D eigenvalue weighted by molar-refractivity contribution is 7.88. The molecule has 0 aromatic heterocycles. The molecule has 0 aliphatic carbocycles. The largest absolute Gasteiger partial charge is 0.393 e. The summed E-state index contributed by atoms with van der Waals surface area (Å²) in [6.07, 6.45) is 1.89. The molecule has 0 aromatic rings. The summed E-state index contributed by atoms with van der Waals surface area (Å²) in [5.41, 5.74) is -1.14. The van der Waals surface area contributed by atoms with Crippen LogP contribution in [0, 0.1) is 0 Å². The standard InChI is InChI=1S/C12H22N2O5S/c1-12(9-14(7-8-19-12)20(2,17)18)11(16)13-5-3-10(15)4-6-13/h10,15H,3-9H2,1-2H3. The van der Waals surface area contributed by atoms with Gasteiger partial charge in [-0.2, -0.15) is 4.31 Å². The van der Waals surface area contributed by atoms with Gasteiger partial charge in [-0.05, 0) is 19.8 Å². The minimum atomic E-state index is -3.33. The molecule has 0 saturated carbocycles. The maximum atomic E-state index is 12.6. The molecule has 1 atom stereocenters. The lowest BCUT2D eigenvalue weighted by Gasteiger charge is -2.42. The van der Waals surface area contributed by atoms with E-state index < -0.39 is 15.6 Å². The molecule has 2 saturated heterocycles. The number of carbonyl (C=O) groups excluding carboxylic acids is 1. The van der Waals surface area contributed by atoms with Crippen LogP contribution in [0.4, 0.5) is 0 Å². The number of ether oxygens (including phenoxy) is 1. The zero-order valence-corrected chi connectivity index (χ0v) is 12.7. The third kappa shape index (κ3) is 3.30. The van der Waals surface area contributed by atoms with Crippen LogP contribution in [0.5, 0.6) is 0 Å². The van der Waals surface area contributed by atoms with Crippen LogP contribution in [-0.4, -0.2) is 79.4 Å². The average Bonchev–Trinajstić information content (AvgIpc) is 2.38. The number of rotatable bonds is 2. The predicted octanol–water partition coefficient (Wildman–Crippen LogP) is -0.980. The van der Waals surface area contributed by atoms with Crippen molar-refractivity contribution in [2.24, 2.45) is 0 Å². The molecule has 1 N–H and O–H groups in total. The van der Waals surface area contributed by atoms with Crippen LogP contribution in [-0.2, 0) is 19.6 Å². The highest BCUT2D eigenvalue weighted by atomic mass is 32.2. The molecule has 0 radical (unpaired) electrons. The third-order valence-corrected chi connectivity index (χ3v) is 5.16. The second-order valence-corrected chi connectivity index (χ2v) is 7.68. The Morgan fingerprint density at radius 2 is 1.90 bits per heavy atom. The number of aliphatic hydroxyl groups excluding tert-OH is 1. The molecule has 116 valence electrons. The molecule has 0 aromatic carbocycles. The summed E-state index contributed by atoms with van der Waals surface area (Å²) in [5, 5.41) is 9.48. The smallest absolute Gasteiger partial charge is 0.255 e. The number of carbonyl (C=O) groups is 1. The van der Waals surface area contributed by atoms with Crippen LogP contribution in [0.3, 0.4) is 0 Å². The van der Waals surface area contributed by atoms with Gasteiger partial charge >= 0.3 is 0 Å². The van der Waals surface area contributed by atoms with Crippen LogP contribution in [0.15, 0.2) is 0 Å². The first-order chi connectivity index (χ1) is 9.22. The first kappa shape index (κ1) is 15.7. The number of sulfonamides is 1. The van der Waals surface area contributed by atoms with E-state index in [1.165, 1.54) is 4.31 Å². The molecular formula is C12H22N2O5S. The summed E-state index contributed by atoms with van der Waals surface area (Å²) in [5.74, 6) is -0.197. The molecule has 1 amide bonds. The molecule has 1 unspecified atom stereocenters. The molecule has 7 nitrogen and oxygen atoms in total. The number of aliphatic hydroxyl groups is 1. The minimum absolute atomic E-state index is 0.0454. The Kier molecular flexibility index (Phi) is 4.38. The second-order valence-electron chi connectivity index (χ2n) is 5.70.